The first-order valence-electron chi connectivity index (χ1n) is 7.36. The molecule has 3 heterocycles. The zero-order valence-electron chi connectivity index (χ0n) is 13.6. The summed E-state index contributed by atoms with van der Waals surface area (Å²) < 4.78 is 11.5. The summed E-state index contributed by atoms with van der Waals surface area (Å²) in [6.45, 7) is 4.33. The lowest BCUT2D eigenvalue weighted by Gasteiger charge is -1.97. The van der Waals surface area contributed by atoms with Gasteiger partial charge in [-0.1, -0.05) is 5.16 Å². The van der Waals surface area contributed by atoms with Crippen molar-refractivity contribution in [3.05, 3.63) is 35.0 Å². The van der Waals surface area contributed by atoms with Crippen molar-refractivity contribution in [1.29, 1.82) is 0 Å². The zero-order valence-corrected chi connectivity index (χ0v) is 13.6. The van der Waals surface area contributed by atoms with Crippen LogP contribution >= 0.6 is 0 Å². The molecule has 0 spiro atoms. The minimum atomic E-state index is -0.436. The first-order chi connectivity index (χ1) is 11.6. The summed E-state index contributed by atoms with van der Waals surface area (Å²) in [5, 5.41) is 10.6. The van der Waals surface area contributed by atoms with Gasteiger partial charge < -0.3 is 14.6 Å². The number of carbonyl (C=O) groups excluding carboxylic acids is 1. The summed E-state index contributed by atoms with van der Waals surface area (Å²) in [5.74, 6) is 0.826. The molecule has 126 valence electrons. The molecule has 0 aliphatic heterocycles. The van der Waals surface area contributed by atoms with E-state index in [-0.39, 0.29) is 12.4 Å². The van der Waals surface area contributed by atoms with Crippen LogP contribution in [-0.4, -0.2) is 49.3 Å². The number of aromatic nitrogens is 6. The molecule has 0 atom stereocenters. The van der Waals surface area contributed by atoms with Gasteiger partial charge in [-0.05, 0) is 19.9 Å². The molecule has 10 heteroatoms. The standard InChI is InChI=1S/C14H17N7O3/c1-8-6-9(2)21-14(16-8)18-12(19-21)13(22)15-7-11-17-10(20-24-11)4-5-23-3/h6H,4-5,7H2,1-3H3,(H,15,22). The lowest BCUT2D eigenvalue weighted by atomic mass is 10.4. The summed E-state index contributed by atoms with van der Waals surface area (Å²) in [5.41, 5.74) is 1.66. The number of nitrogens with one attached hydrogen (secondary N) is 1. The number of amides is 1. The van der Waals surface area contributed by atoms with Crippen LogP contribution in [-0.2, 0) is 17.7 Å². The third kappa shape index (κ3) is 3.38. The second-order valence-corrected chi connectivity index (χ2v) is 5.22. The maximum Gasteiger partial charge on any atom is 0.291 e. The molecule has 0 fully saturated rings. The van der Waals surface area contributed by atoms with Crippen LogP contribution in [0.15, 0.2) is 10.6 Å². The maximum absolute atomic E-state index is 12.2. The van der Waals surface area contributed by atoms with Gasteiger partial charge in [0.05, 0.1) is 13.2 Å². The molecule has 0 aromatic carbocycles. The van der Waals surface area contributed by atoms with Gasteiger partial charge in [0.15, 0.2) is 5.82 Å². The first-order valence-corrected chi connectivity index (χ1v) is 7.36. The Kier molecular flexibility index (Phi) is 4.47. The van der Waals surface area contributed by atoms with E-state index in [9.17, 15) is 4.79 Å². The van der Waals surface area contributed by atoms with Crippen LogP contribution < -0.4 is 5.32 Å². The van der Waals surface area contributed by atoms with Crippen LogP contribution in [0.2, 0.25) is 0 Å². The lowest BCUT2D eigenvalue weighted by Crippen LogP contribution is -2.24. The van der Waals surface area contributed by atoms with Crippen molar-refractivity contribution >= 4 is 11.7 Å². The number of methoxy groups -OCH3 is 1. The van der Waals surface area contributed by atoms with Crippen LogP contribution in [0.1, 0.15) is 33.7 Å². The molecule has 3 aromatic heterocycles. The van der Waals surface area contributed by atoms with Gasteiger partial charge in [-0.3, -0.25) is 4.79 Å². The minimum Gasteiger partial charge on any atom is -0.384 e. The van der Waals surface area contributed by atoms with Crippen molar-refractivity contribution in [2.45, 2.75) is 26.8 Å². The molecule has 0 unspecified atom stereocenters. The number of ether oxygens (including phenoxy) is 1. The molecule has 0 aliphatic carbocycles. The second-order valence-electron chi connectivity index (χ2n) is 5.22. The summed E-state index contributed by atoms with van der Waals surface area (Å²) in [6, 6.07) is 1.86. The molecule has 0 bridgehead atoms. The topological polar surface area (TPSA) is 120 Å². The molecule has 1 amide bonds. The van der Waals surface area contributed by atoms with E-state index in [1.807, 2.05) is 19.9 Å². The van der Waals surface area contributed by atoms with Crippen LogP contribution in [0.25, 0.3) is 5.78 Å². The number of nitrogens with zero attached hydrogens (tertiary/aromatic N) is 6. The predicted molar refractivity (Wildman–Crippen MR) is 81.3 cm³/mol. The van der Waals surface area contributed by atoms with Gasteiger partial charge in [-0.25, -0.2) is 9.50 Å². The highest BCUT2D eigenvalue weighted by Gasteiger charge is 2.16. The summed E-state index contributed by atoms with van der Waals surface area (Å²) in [4.78, 5) is 24.7. The normalized spacial score (nSPS) is 11.1. The summed E-state index contributed by atoms with van der Waals surface area (Å²) >= 11 is 0. The molecule has 0 saturated heterocycles. The van der Waals surface area contributed by atoms with E-state index in [1.165, 1.54) is 4.52 Å². The Morgan fingerprint density at radius 2 is 2.17 bits per heavy atom. The van der Waals surface area contributed by atoms with E-state index < -0.39 is 5.91 Å². The largest absolute Gasteiger partial charge is 0.384 e. The van der Waals surface area contributed by atoms with Crippen LogP contribution in [0.3, 0.4) is 0 Å². The highest BCUT2D eigenvalue weighted by Crippen LogP contribution is 2.05. The Morgan fingerprint density at radius 1 is 1.33 bits per heavy atom. The molecule has 1 N–H and O–H groups in total. The number of carbonyl (C=O) groups is 1. The molecule has 0 saturated carbocycles. The minimum absolute atomic E-state index is 0.0373. The highest BCUT2D eigenvalue weighted by molar-refractivity contribution is 5.90. The summed E-state index contributed by atoms with van der Waals surface area (Å²) in [6.07, 6.45) is 0.548. The van der Waals surface area contributed by atoms with Gasteiger partial charge in [-0.2, -0.15) is 9.97 Å². The molecular weight excluding hydrogens is 314 g/mol. The molecular formula is C14H17N7O3. The first kappa shape index (κ1) is 16.0. The molecule has 0 aliphatic rings. The average molecular weight is 331 g/mol. The van der Waals surface area contributed by atoms with E-state index in [2.05, 4.69) is 30.5 Å². The molecule has 10 nitrogen and oxygen atoms in total. The monoisotopic (exact) mass is 331 g/mol. The van der Waals surface area contributed by atoms with Crippen LogP contribution in [0.5, 0.6) is 0 Å². The number of hydrogen-bond donors (Lipinski definition) is 1. The van der Waals surface area contributed by atoms with Gasteiger partial charge in [0.2, 0.25) is 11.7 Å². The Bertz CT molecular complexity index is 871. The van der Waals surface area contributed by atoms with E-state index >= 15 is 0 Å². The van der Waals surface area contributed by atoms with Gasteiger partial charge in [0, 0.05) is 24.9 Å². The van der Waals surface area contributed by atoms with Gasteiger partial charge in [-0.15, -0.1) is 5.10 Å². The van der Waals surface area contributed by atoms with Crippen molar-refractivity contribution in [3.63, 3.8) is 0 Å². The molecule has 24 heavy (non-hydrogen) atoms. The zero-order chi connectivity index (χ0) is 17.1. The highest BCUT2D eigenvalue weighted by atomic mass is 16.5. The molecule has 3 rings (SSSR count). The fourth-order valence-electron chi connectivity index (χ4n) is 2.15. The van der Waals surface area contributed by atoms with Crippen LogP contribution in [0, 0.1) is 13.8 Å². The number of fused-ring (bicyclic) bond motifs is 1. The van der Waals surface area contributed by atoms with Gasteiger partial charge in [0.25, 0.3) is 11.7 Å². The summed E-state index contributed by atoms with van der Waals surface area (Å²) in [7, 11) is 1.60. The Balaban J connectivity index is 1.67. The van der Waals surface area contributed by atoms with Crippen molar-refractivity contribution in [1.82, 2.24) is 35.0 Å². The van der Waals surface area contributed by atoms with Crippen molar-refractivity contribution in [2.24, 2.45) is 0 Å². The fourth-order valence-corrected chi connectivity index (χ4v) is 2.15. The number of hydrogen-bond acceptors (Lipinski definition) is 8. The Labute approximate surface area is 137 Å². The average Bonchev–Trinajstić information content (AvgIpc) is 3.17. The Morgan fingerprint density at radius 3 is 2.96 bits per heavy atom. The second kappa shape index (κ2) is 6.71. The third-order valence-corrected chi connectivity index (χ3v) is 3.26. The SMILES string of the molecule is COCCc1noc(CNC(=O)c2nc3nc(C)cc(C)n3n2)n1. The van der Waals surface area contributed by atoms with Crippen molar-refractivity contribution in [2.75, 3.05) is 13.7 Å². The molecule has 3 aromatic rings. The fraction of sp³-hybridized carbons (Fsp3) is 0.429. The van der Waals surface area contributed by atoms with Crippen LogP contribution in [0.4, 0.5) is 0 Å². The van der Waals surface area contributed by atoms with Crippen molar-refractivity contribution < 1.29 is 14.1 Å². The Hall–Kier alpha value is -2.88. The third-order valence-electron chi connectivity index (χ3n) is 3.26. The predicted octanol–water partition coefficient (Wildman–Crippen LogP) is 0.243. The molecule has 0 radical (unpaired) electrons. The van der Waals surface area contributed by atoms with E-state index in [1.54, 1.807) is 7.11 Å². The quantitative estimate of drug-likeness (QED) is 0.682. The number of rotatable bonds is 6. The maximum atomic E-state index is 12.2. The van der Waals surface area contributed by atoms with E-state index in [0.717, 1.165) is 11.4 Å². The smallest absolute Gasteiger partial charge is 0.291 e. The van der Waals surface area contributed by atoms with Gasteiger partial charge in [0.1, 0.15) is 0 Å². The van der Waals surface area contributed by atoms with Crippen molar-refractivity contribution in [3.8, 4) is 0 Å². The van der Waals surface area contributed by atoms with E-state index in [4.69, 9.17) is 9.26 Å². The van der Waals surface area contributed by atoms with Gasteiger partial charge >= 0.3 is 0 Å². The lowest BCUT2D eigenvalue weighted by molar-refractivity contribution is 0.0936. The van der Waals surface area contributed by atoms with E-state index in [0.29, 0.717) is 30.5 Å². The number of aryl methyl sites for hydroxylation is 2.